The van der Waals surface area contributed by atoms with Gasteiger partial charge in [0.2, 0.25) is 0 Å². The number of piperidine rings is 1. The number of hydrogen-bond donors (Lipinski definition) is 2. The van der Waals surface area contributed by atoms with Crippen LogP contribution >= 0.6 is 0 Å². The van der Waals surface area contributed by atoms with Gasteiger partial charge in [0, 0.05) is 6.54 Å². The number of hydrogen-bond acceptors (Lipinski definition) is 7. The number of rotatable bonds is 12. The number of ether oxygens (including phenoxy) is 2. The SMILES string of the molecule is CC#CCOc1ccc(S(=O)(=O)C(CCc2ccc(OCCN3CCCCC3)cc2)C(=O)NO)cc1. The first-order valence-corrected chi connectivity index (χ1v) is 13.7. The average Bonchev–Trinajstić information content (AvgIpc) is 2.90. The molecule has 2 aromatic carbocycles. The molecule has 0 aromatic heterocycles. The van der Waals surface area contributed by atoms with Crippen molar-refractivity contribution >= 4 is 15.7 Å². The number of carbonyl (C=O) groups is 1. The fourth-order valence-corrected chi connectivity index (χ4v) is 5.71. The van der Waals surface area contributed by atoms with Crippen molar-refractivity contribution in [2.45, 2.75) is 49.2 Å². The van der Waals surface area contributed by atoms with Crippen LogP contribution in [0, 0.1) is 11.8 Å². The number of nitrogens with zero attached hydrogens (tertiary/aromatic N) is 1. The predicted octanol–water partition coefficient (Wildman–Crippen LogP) is 3.23. The van der Waals surface area contributed by atoms with Crippen LogP contribution in [0.4, 0.5) is 0 Å². The van der Waals surface area contributed by atoms with Crippen LogP contribution in [-0.4, -0.2) is 62.5 Å². The van der Waals surface area contributed by atoms with E-state index in [0.717, 1.165) is 30.9 Å². The first kappa shape index (κ1) is 27.5. The van der Waals surface area contributed by atoms with Crippen molar-refractivity contribution in [3.63, 3.8) is 0 Å². The monoisotopic (exact) mass is 514 g/mol. The molecule has 9 heteroatoms. The van der Waals surface area contributed by atoms with Gasteiger partial charge in [-0.05, 0) is 87.7 Å². The van der Waals surface area contributed by atoms with Crippen molar-refractivity contribution in [1.82, 2.24) is 10.4 Å². The second kappa shape index (κ2) is 13.9. The second-order valence-electron chi connectivity index (χ2n) is 8.63. The number of sulfone groups is 1. The normalized spacial score (nSPS) is 14.8. The third-order valence-corrected chi connectivity index (χ3v) is 8.29. The molecule has 0 spiro atoms. The van der Waals surface area contributed by atoms with E-state index in [1.54, 1.807) is 6.92 Å². The molecule has 194 valence electrons. The van der Waals surface area contributed by atoms with Crippen molar-refractivity contribution in [3.05, 3.63) is 54.1 Å². The Bertz CT molecular complexity index is 1130. The van der Waals surface area contributed by atoms with Crippen LogP contribution < -0.4 is 15.0 Å². The molecule has 8 nitrogen and oxygen atoms in total. The van der Waals surface area contributed by atoms with E-state index in [2.05, 4.69) is 16.7 Å². The van der Waals surface area contributed by atoms with Gasteiger partial charge in [-0.2, -0.15) is 0 Å². The number of carbonyl (C=O) groups excluding carboxylic acids is 1. The van der Waals surface area contributed by atoms with Crippen LogP contribution in [0.3, 0.4) is 0 Å². The maximum atomic E-state index is 13.2. The Hall–Kier alpha value is -3.06. The lowest BCUT2D eigenvalue weighted by Crippen LogP contribution is -2.38. The number of hydroxylamine groups is 1. The molecule has 1 saturated heterocycles. The summed E-state index contributed by atoms with van der Waals surface area (Å²) in [6, 6.07) is 13.2. The van der Waals surface area contributed by atoms with Crippen LogP contribution in [0.2, 0.25) is 0 Å². The van der Waals surface area contributed by atoms with Crippen molar-refractivity contribution in [3.8, 4) is 23.3 Å². The van der Waals surface area contributed by atoms with Crippen molar-refractivity contribution in [1.29, 1.82) is 0 Å². The molecule has 2 N–H and O–H groups in total. The Morgan fingerprint density at radius 3 is 2.31 bits per heavy atom. The predicted molar refractivity (Wildman–Crippen MR) is 137 cm³/mol. The Kier molecular flexibility index (Phi) is 10.6. The van der Waals surface area contributed by atoms with Crippen molar-refractivity contribution in [2.75, 3.05) is 32.8 Å². The molecule has 1 heterocycles. The van der Waals surface area contributed by atoms with E-state index in [4.69, 9.17) is 9.47 Å². The first-order chi connectivity index (χ1) is 17.4. The van der Waals surface area contributed by atoms with Crippen LogP contribution in [0.15, 0.2) is 53.4 Å². The number of aryl methyl sites for hydroxylation is 1. The summed E-state index contributed by atoms with van der Waals surface area (Å²) in [5.74, 6) is 5.73. The van der Waals surface area contributed by atoms with Crippen molar-refractivity contribution in [2.24, 2.45) is 0 Å². The largest absolute Gasteiger partial charge is 0.492 e. The van der Waals surface area contributed by atoms with Gasteiger partial charge in [-0.1, -0.05) is 24.5 Å². The molecule has 0 aliphatic carbocycles. The van der Waals surface area contributed by atoms with E-state index in [0.29, 0.717) is 18.8 Å². The minimum atomic E-state index is -4.04. The van der Waals surface area contributed by atoms with Gasteiger partial charge < -0.3 is 9.47 Å². The topological polar surface area (TPSA) is 105 Å². The van der Waals surface area contributed by atoms with E-state index < -0.39 is 21.0 Å². The molecule has 0 bridgehead atoms. The van der Waals surface area contributed by atoms with Crippen molar-refractivity contribution < 1.29 is 27.9 Å². The van der Waals surface area contributed by atoms with Gasteiger partial charge in [0.15, 0.2) is 9.84 Å². The molecule has 1 amide bonds. The van der Waals surface area contributed by atoms with E-state index in [1.807, 2.05) is 24.3 Å². The zero-order chi connectivity index (χ0) is 25.8. The molecule has 1 unspecified atom stereocenters. The lowest BCUT2D eigenvalue weighted by molar-refractivity contribution is -0.128. The van der Waals surface area contributed by atoms with Gasteiger partial charge in [0.05, 0.1) is 4.90 Å². The zero-order valence-electron chi connectivity index (χ0n) is 20.6. The highest BCUT2D eigenvalue weighted by Crippen LogP contribution is 2.24. The minimum Gasteiger partial charge on any atom is -0.492 e. The molecule has 0 radical (unpaired) electrons. The fourth-order valence-electron chi connectivity index (χ4n) is 4.11. The summed E-state index contributed by atoms with van der Waals surface area (Å²) in [5, 5.41) is 7.73. The molecular weight excluding hydrogens is 480 g/mol. The summed E-state index contributed by atoms with van der Waals surface area (Å²) in [5.41, 5.74) is 2.37. The number of likely N-dealkylation sites (tertiary alicyclic amines) is 1. The molecule has 36 heavy (non-hydrogen) atoms. The fraction of sp³-hybridized carbons (Fsp3) is 0.444. The molecular formula is C27H34N2O6S. The zero-order valence-corrected chi connectivity index (χ0v) is 21.4. The standard InChI is InChI=1S/C27H34N2O6S/c1-2-3-20-34-24-12-14-25(15-13-24)36(32,33)26(27(30)28-31)16-9-22-7-10-23(11-8-22)35-21-19-29-17-5-4-6-18-29/h7-8,10-15,26,31H,4-6,9,16-21H2,1H3,(H,28,30). The summed E-state index contributed by atoms with van der Waals surface area (Å²) in [6.07, 6.45) is 4.13. The lowest BCUT2D eigenvalue weighted by Gasteiger charge is -2.26. The lowest BCUT2D eigenvalue weighted by atomic mass is 10.1. The van der Waals surface area contributed by atoms with Crippen LogP contribution in [0.5, 0.6) is 11.5 Å². The number of nitrogens with one attached hydrogen (secondary N) is 1. The molecule has 0 saturated carbocycles. The van der Waals surface area contributed by atoms with E-state index in [1.165, 1.54) is 49.0 Å². The summed E-state index contributed by atoms with van der Waals surface area (Å²) >= 11 is 0. The second-order valence-corrected chi connectivity index (χ2v) is 10.8. The van der Waals surface area contributed by atoms with Gasteiger partial charge in [-0.3, -0.25) is 14.9 Å². The van der Waals surface area contributed by atoms with Gasteiger partial charge >= 0.3 is 0 Å². The number of benzene rings is 2. The van der Waals surface area contributed by atoms with E-state index >= 15 is 0 Å². The van der Waals surface area contributed by atoms with Gasteiger partial charge in [0.25, 0.3) is 5.91 Å². The molecule has 1 atom stereocenters. The van der Waals surface area contributed by atoms with Gasteiger partial charge in [0.1, 0.15) is 30.0 Å². The maximum Gasteiger partial charge on any atom is 0.262 e. The van der Waals surface area contributed by atoms with Gasteiger partial charge in [-0.15, -0.1) is 5.92 Å². The van der Waals surface area contributed by atoms with Crippen LogP contribution in [0.1, 0.15) is 38.2 Å². The summed E-state index contributed by atoms with van der Waals surface area (Å²) in [7, 11) is -4.04. The molecule has 3 rings (SSSR count). The minimum absolute atomic E-state index is 0.00817. The maximum absolute atomic E-state index is 13.2. The highest BCUT2D eigenvalue weighted by Gasteiger charge is 2.33. The molecule has 2 aromatic rings. The van der Waals surface area contributed by atoms with Crippen LogP contribution in [0.25, 0.3) is 0 Å². The third-order valence-electron chi connectivity index (χ3n) is 6.16. The highest BCUT2D eigenvalue weighted by molar-refractivity contribution is 7.92. The summed E-state index contributed by atoms with van der Waals surface area (Å²) < 4.78 is 37.6. The highest BCUT2D eigenvalue weighted by atomic mass is 32.2. The average molecular weight is 515 g/mol. The Labute approximate surface area is 213 Å². The van der Waals surface area contributed by atoms with E-state index in [-0.39, 0.29) is 17.9 Å². The first-order valence-electron chi connectivity index (χ1n) is 12.2. The summed E-state index contributed by atoms with van der Waals surface area (Å²) in [4.78, 5) is 14.7. The molecule has 1 fully saturated rings. The van der Waals surface area contributed by atoms with E-state index in [9.17, 15) is 18.4 Å². The third kappa shape index (κ3) is 7.98. The Morgan fingerprint density at radius 1 is 1.03 bits per heavy atom. The Balaban J connectivity index is 1.58. The number of amides is 1. The molecule has 1 aliphatic rings. The van der Waals surface area contributed by atoms with Crippen LogP contribution in [-0.2, 0) is 21.1 Å². The van der Waals surface area contributed by atoms with Gasteiger partial charge in [-0.25, -0.2) is 13.9 Å². The smallest absolute Gasteiger partial charge is 0.262 e. The molecule has 1 aliphatic heterocycles. The quantitative estimate of drug-likeness (QED) is 0.255. The summed E-state index contributed by atoms with van der Waals surface area (Å²) in [6.45, 7) is 5.66. The Morgan fingerprint density at radius 2 is 1.67 bits per heavy atom.